The highest BCUT2D eigenvalue weighted by molar-refractivity contribution is 6.81. The van der Waals surface area contributed by atoms with Crippen molar-refractivity contribution in [2.24, 2.45) is 0 Å². The molecule has 1 saturated heterocycles. The quantitative estimate of drug-likeness (QED) is 0.424. The largest absolute Gasteiger partial charge is 0.463 e. The molecular weight excluding hydrogens is 268 g/mol. The standard InChI is InChI=1S/C16H28O3Si/c1-6-8-16(17)18-11-15-10-13(12-20(3,4)5)9-14(7-2)19-15/h7,12,14-15H,2,6,8-11H2,1,3-5H3/b13-12-/t14-,15+/m0/s1. The van der Waals surface area contributed by atoms with Crippen LogP contribution in [0.25, 0.3) is 0 Å². The van der Waals surface area contributed by atoms with Gasteiger partial charge in [0, 0.05) is 6.42 Å². The number of esters is 1. The minimum atomic E-state index is -1.23. The van der Waals surface area contributed by atoms with Crippen LogP contribution in [0, 0.1) is 0 Å². The lowest BCUT2D eigenvalue weighted by Crippen LogP contribution is -2.33. The molecule has 0 aromatic rings. The van der Waals surface area contributed by atoms with Gasteiger partial charge in [0.1, 0.15) is 6.61 Å². The molecule has 1 aliphatic heterocycles. The Morgan fingerprint density at radius 1 is 1.45 bits per heavy atom. The van der Waals surface area contributed by atoms with E-state index in [-0.39, 0.29) is 18.2 Å². The second kappa shape index (κ2) is 7.79. The predicted molar refractivity (Wildman–Crippen MR) is 85.4 cm³/mol. The molecule has 1 rings (SSSR count). The molecule has 3 nitrogen and oxygen atoms in total. The monoisotopic (exact) mass is 296 g/mol. The highest BCUT2D eigenvalue weighted by Gasteiger charge is 2.26. The molecule has 1 fully saturated rings. The van der Waals surface area contributed by atoms with Crippen molar-refractivity contribution < 1.29 is 14.3 Å². The molecule has 1 heterocycles. The first-order valence-corrected chi connectivity index (χ1v) is 11.1. The fraction of sp³-hybridized carbons (Fsp3) is 0.688. The molecule has 2 atom stereocenters. The lowest BCUT2D eigenvalue weighted by atomic mass is 9.99. The molecule has 0 saturated carbocycles. The van der Waals surface area contributed by atoms with Crippen molar-refractivity contribution in [1.82, 2.24) is 0 Å². The van der Waals surface area contributed by atoms with Crippen molar-refractivity contribution >= 4 is 14.0 Å². The Kier molecular flexibility index (Phi) is 6.69. The van der Waals surface area contributed by atoms with Gasteiger partial charge in [0.15, 0.2) is 0 Å². The summed E-state index contributed by atoms with van der Waals surface area (Å²) < 4.78 is 11.2. The second-order valence-electron chi connectivity index (χ2n) is 6.54. The summed E-state index contributed by atoms with van der Waals surface area (Å²) >= 11 is 0. The van der Waals surface area contributed by atoms with E-state index < -0.39 is 8.07 Å². The molecule has 0 bridgehead atoms. The van der Waals surface area contributed by atoms with E-state index in [0.29, 0.717) is 13.0 Å². The summed E-state index contributed by atoms with van der Waals surface area (Å²) in [4.78, 5) is 11.4. The Labute approximate surface area is 124 Å². The lowest BCUT2D eigenvalue weighted by molar-refractivity contribution is -0.149. The average molecular weight is 296 g/mol. The SMILES string of the molecule is C=C[C@H]1C/C(=C/[Si](C)(C)C)C[C@H](COC(=O)CCC)O1. The summed E-state index contributed by atoms with van der Waals surface area (Å²) in [6.07, 6.45) is 4.95. The Bertz CT molecular complexity index is 368. The van der Waals surface area contributed by atoms with Crippen LogP contribution in [0.15, 0.2) is 23.9 Å². The van der Waals surface area contributed by atoms with E-state index in [9.17, 15) is 4.79 Å². The van der Waals surface area contributed by atoms with E-state index >= 15 is 0 Å². The van der Waals surface area contributed by atoms with Crippen molar-refractivity contribution in [3.05, 3.63) is 23.9 Å². The molecule has 0 amide bonds. The van der Waals surface area contributed by atoms with E-state index in [1.807, 2.05) is 13.0 Å². The van der Waals surface area contributed by atoms with Crippen LogP contribution in [0.2, 0.25) is 19.6 Å². The molecular formula is C16H28O3Si. The second-order valence-corrected chi connectivity index (χ2v) is 11.6. The molecule has 0 aromatic carbocycles. The third-order valence-corrected chi connectivity index (χ3v) is 4.38. The van der Waals surface area contributed by atoms with Crippen LogP contribution in [0.4, 0.5) is 0 Å². The summed E-state index contributed by atoms with van der Waals surface area (Å²) in [5, 5.41) is 0. The number of carbonyl (C=O) groups excluding carboxylic acids is 1. The van der Waals surface area contributed by atoms with Crippen LogP contribution in [-0.2, 0) is 14.3 Å². The third kappa shape index (κ3) is 6.53. The van der Waals surface area contributed by atoms with Gasteiger partial charge in [-0.25, -0.2) is 0 Å². The van der Waals surface area contributed by atoms with E-state index in [0.717, 1.165) is 19.3 Å². The zero-order valence-electron chi connectivity index (χ0n) is 13.3. The fourth-order valence-corrected chi connectivity index (χ4v) is 3.87. The summed E-state index contributed by atoms with van der Waals surface area (Å²) in [7, 11) is -1.23. The molecule has 0 unspecified atom stereocenters. The Hall–Kier alpha value is -0.873. The predicted octanol–water partition coefficient (Wildman–Crippen LogP) is 3.87. The Morgan fingerprint density at radius 3 is 2.70 bits per heavy atom. The molecule has 0 aliphatic carbocycles. The van der Waals surface area contributed by atoms with Gasteiger partial charge in [0.2, 0.25) is 0 Å². The van der Waals surface area contributed by atoms with Crippen LogP contribution >= 0.6 is 0 Å². The van der Waals surface area contributed by atoms with Gasteiger partial charge in [0.25, 0.3) is 0 Å². The van der Waals surface area contributed by atoms with Gasteiger partial charge in [0.05, 0.1) is 20.3 Å². The van der Waals surface area contributed by atoms with Crippen LogP contribution in [-0.4, -0.2) is 32.9 Å². The van der Waals surface area contributed by atoms with Crippen molar-refractivity contribution in [1.29, 1.82) is 0 Å². The van der Waals surface area contributed by atoms with Crippen LogP contribution in [0.5, 0.6) is 0 Å². The van der Waals surface area contributed by atoms with Gasteiger partial charge in [-0.3, -0.25) is 4.79 Å². The fourth-order valence-electron chi connectivity index (χ4n) is 2.41. The first kappa shape index (κ1) is 17.2. The Balaban J connectivity index is 2.60. The van der Waals surface area contributed by atoms with Crippen molar-refractivity contribution in [2.45, 2.75) is 64.5 Å². The summed E-state index contributed by atoms with van der Waals surface area (Å²) in [5.41, 5.74) is 3.87. The number of rotatable bonds is 6. The number of ether oxygens (including phenoxy) is 2. The summed E-state index contributed by atoms with van der Waals surface area (Å²) in [5.74, 6) is -0.132. The first-order chi connectivity index (χ1) is 9.34. The van der Waals surface area contributed by atoms with Gasteiger partial charge < -0.3 is 9.47 Å². The molecule has 0 aromatic heterocycles. The smallest absolute Gasteiger partial charge is 0.305 e. The summed E-state index contributed by atoms with van der Waals surface area (Å²) in [6, 6.07) is 0. The van der Waals surface area contributed by atoms with Crippen molar-refractivity contribution in [2.75, 3.05) is 6.61 Å². The van der Waals surface area contributed by atoms with Gasteiger partial charge in [-0.1, -0.05) is 43.9 Å². The minimum Gasteiger partial charge on any atom is -0.463 e. The molecule has 0 N–H and O–H groups in total. The summed E-state index contributed by atoms with van der Waals surface area (Å²) in [6.45, 7) is 13.1. The molecule has 114 valence electrons. The van der Waals surface area contributed by atoms with Gasteiger partial charge in [-0.05, 0) is 19.3 Å². The van der Waals surface area contributed by atoms with Crippen LogP contribution < -0.4 is 0 Å². The van der Waals surface area contributed by atoms with Crippen molar-refractivity contribution in [3.63, 3.8) is 0 Å². The van der Waals surface area contributed by atoms with E-state index in [1.165, 1.54) is 5.57 Å². The number of carbonyl (C=O) groups is 1. The van der Waals surface area contributed by atoms with Crippen LogP contribution in [0.1, 0.15) is 32.6 Å². The van der Waals surface area contributed by atoms with Gasteiger partial charge >= 0.3 is 5.97 Å². The maximum absolute atomic E-state index is 11.4. The van der Waals surface area contributed by atoms with E-state index in [4.69, 9.17) is 9.47 Å². The maximum Gasteiger partial charge on any atom is 0.305 e. The molecule has 4 heteroatoms. The number of hydrogen-bond acceptors (Lipinski definition) is 3. The van der Waals surface area contributed by atoms with E-state index in [1.54, 1.807) is 0 Å². The van der Waals surface area contributed by atoms with Crippen molar-refractivity contribution in [3.8, 4) is 0 Å². The minimum absolute atomic E-state index is 0.0323. The molecule has 20 heavy (non-hydrogen) atoms. The van der Waals surface area contributed by atoms with Gasteiger partial charge in [-0.15, -0.1) is 6.58 Å². The lowest BCUT2D eigenvalue weighted by Gasteiger charge is -2.31. The van der Waals surface area contributed by atoms with Gasteiger partial charge in [-0.2, -0.15) is 0 Å². The molecule has 0 spiro atoms. The zero-order valence-corrected chi connectivity index (χ0v) is 14.3. The van der Waals surface area contributed by atoms with E-state index in [2.05, 4.69) is 31.9 Å². The first-order valence-electron chi connectivity index (χ1n) is 7.48. The topological polar surface area (TPSA) is 35.5 Å². The third-order valence-electron chi connectivity index (χ3n) is 3.10. The number of hydrogen-bond donors (Lipinski definition) is 0. The highest BCUT2D eigenvalue weighted by Crippen LogP contribution is 2.27. The zero-order chi connectivity index (χ0) is 15.2. The molecule has 0 radical (unpaired) electrons. The average Bonchev–Trinajstić information content (AvgIpc) is 2.34. The maximum atomic E-state index is 11.4. The normalized spacial score (nSPS) is 25.5. The highest BCUT2D eigenvalue weighted by atomic mass is 28.3. The Morgan fingerprint density at radius 2 is 2.15 bits per heavy atom. The molecule has 1 aliphatic rings. The van der Waals surface area contributed by atoms with Crippen LogP contribution in [0.3, 0.4) is 0 Å².